The second-order valence-corrected chi connectivity index (χ2v) is 4.22. The van der Waals surface area contributed by atoms with Gasteiger partial charge in [0.1, 0.15) is 0 Å². The van der Waals surface area contributed by atoms with Crippen molar-refractivity contribution in [3.05, 3.63) is 84.6 Å². The molecule has 0 saturated carbocycles. The van der Waals surface area contributed by atoms with Crippen LogP contribution in [0.3, 0.4) is 0 Å². The van der Waals surface area contributed by atoms with E-state index in [2.05, 4.69) is 78.6 Å². The molecule has 0 bridgehead atoms. The van der Waals surface area contributed by atoms with Crippen LogP contribution in [0, 0.1) is 0 Å². The Morgan fingerprint density at radius 1 is 0.789 bits per heavy atom. The highest BCUT2D eigenvalue weighted by Gasteiger charge is 2.10. The van der Waals surface area contributed by atoms with Gasteiger partial charge in [0.05, 0.1) is 0 Å². The lowest BCUT2D eigenvalue weighted by atomic mass is 10.2. The normalized spacial score (nSPS) is 11.8. The average molecular weight is 249 g/mol. The summed E-state index contributed by atoms with van der Waals surface area (Å²) >= 11 is 0. The first kappa shape index (κ1) is 13.2. The van der Waals surface area contributed by atoms with E-state index in [0.717, 1.165) is 0 Å². The van der Waals surface area contributed by atoms with Gasteiger partial charge in [-0.25, -0.2) is 0 Å². The number of allylic oxidation sites excluding steroid dienone is 3. The van der Waals surface area contributed by atoms with Gasteiger partial charge in [0.15, 0.2) is 0 Å². The zero-order chi connectivity index (χ0) is 13.5. The van der Waals surface area contributed by atoms with Crippen molar-refractivity contribution in [2.75, 3.05) is 4.90 Å². The lowest BCUT2D eigenvalue weighted by Gasteiger charge is -2.26. The highest BCUT2D eigenvalue weighted by molar-refractivity contribution is 5.69. The quantitative estimate of drug-likeness (QED) is 0.664. The summed E-state index contributed by atoms with van der Waals surface area (Å²) in [5.74, 6) is 0. The molecule has 19 heavy (non-hydrogen) atoms. The Kier molecular flexibility index (Phi) is 4.57. The fourth-order valence-corrected chi connectivity index (χ4v) is 2.07. The first-order chi connectivity index (χ1) is 9.36. The van der Waals surface area contributed by atoms with E-state index >= 15 is 0 Å². The Morgan fingerprint density at radius 3 is 1.63 bits per heavy atom. The van der Waals surface area contributed by atoms with Crippen molar-refractivity contribution in [3.63, 3.8) is 0 Å². The van der Waals surface area contributed by atoms with Gasteiger partial charge < -0.3 is 4.90 Å². The topological polar surface area (TPSA) is 3.24 Å². The second-order valence-electron chi connectivity index (χ2n) is 4.22. The zero-order valence-electron chi connectivity index (χ0n) is 11.5. The van der Waals surface area contributed by atoms with E-state index in [1.165, 1.54) is 17.1 Å². The van der Waals surface area contributed by atoms with Gasteiger partial charge in [-0.2, -0.15) is 0 Å². The average Bonchev–Trinajstić information content (AvgIpc) is 2.49. The molecular weight excluding hydrogens is 230 g/mol. The van der Waals surface area contributed by atoms with Gasteiger partial charge in [0.2, 0.25) is 0 Å². The maximum atomic E-state index is 2.25. The Morgan fingerprint density at radius 2 is 1.26 bits per heavy atom. The standard InChI is InChI=1S/C18H19N/c1-3-11-16(4-2)19(17-12-7-5-8-13-17)18-14-9-6-10-15-18/h3-15H,1-2H3/b11-3-,16-4+. The molecule has 0 amide bonds. The van der Waals surface area contributed by atoms with Crippen molar-refractivity contribution in [2.45, 2.75) is 13.8 Å². The van der Waals surface area contributed by atoms with Crippen molar-refractivity contribution in [1.29, 1.82) is 0 Å². The van der Waals surface area contributed by atoms with Gasteiger partial charge in [0.25, 0.3) is 0 Å². The van der Waals surface area contributed by atoms with Crippen molar-refractivity contribution in [1.82, 2.24) is 0 Å². The van der Waals surface area contributed by atoms with Crippen molar-refractivity contribution < 1.29 is 0 Å². The van der Waals surface area contributed by atoms with Crippen molar-refractivity contribution >= 4 is 11.4 Å². The summed E-state index contributed by atoms with van der Waals surface area (Å²) in [6, 6.07) is 20.8. The molecule has 0 unspecified atom stereocenters. The molecule has 0 fully saturated rings. The molecule has 0 aliphatic rings. The largest absolute Gasteiger partial charge is 0.311 e. The molecule has 2 rings (SSSR count). The SMILES string of the molecule is C/C=C\C(=C/C)N(c1ccccc1)c1ccccc1. The number of hydrogen-bond acceptors (Lipinski definition) is 1. The molecule has 0 heterocycles. The third-order valence-corrected chi connectivity index (χ3v) is 2.92. The van der Waals surface area contributed by atoms with E-state index in [-0.39, 0.29) is 0 Å². The third kappa shape index (κ3) is 3.14. The zero-order valence-corrected chi connectivity index (χ0v) is 11.5. The Labute approximate surface area is 115 Å². The van der Waals surface area contributed by atoms with Gasteiger partial charge in [-0.05, 0) is 44.2 Å². The van der Waals surface area contributed by atoms with Crippen LogP contribution in [0.5, 0.6) is 0 Å². The Balaban J connectivity index is 2.51. The predicted octanol–water partition coefficient (Wildman–Crippen LogP) is 5.30. The number of rotatable bonds is 4. The molecule has 0 atom stereocenters. The molecule has 0 spiro atoms. The second kappa shape index (κ2) is 6.60. The first-order valence-corrected chi connectivity index (χ1v) is 6.56. The minimum absolute atomic E-state index is 1.17. The van der Waals surface area contributed by atoms with Crippen LogP contribution in [-0.2, 0) is 0 Å². The van der Waals surface area contributed by atoms with Crippen LogP contribution >= 0.6 is 0 Å². The molecule has 0 radical (unpaired) electrons. The smallest absolute Gasteiger partial charge is 0.0461 e. The summed E-state index contributed by atoms with van der Waals surface area (Å²) in [4.78, 5) is 2.25. The molecule has 2 aromatic rings. The molecule has 0 aromatic heterocycles. The molecule has 0 aliphatic heterocycles. The highest BCUT2D eigenvalue weighted by atomic mass is 15.1. The van der Waals surface area contributed by atoms with E-state index < -0.39 is 0 Å². The van der Waals surface area contributed by atoms with Crippen LogP contribution in [0.1, 0.15) is 13.8 Å². The lowest BCUT2D eigenvalue weighted by molar-refractivity contribution is 1.20. The summed E-state index contributed by atoms with van der Waals surface area (Å²) in [6.45, 7) is 4.10. The minimum atomic E-state index is 1.17. The van der Waals surface area contributed by atoms with Crippen LogP contribution in [0.25, 0.3) is 0 Å². The van der Waals surface area contributed by atoms with E-state index in [1.807, 2.05) is 19.1 Å². The van der Waals surface area contributed by atoms with Crippen LogP contribution in [0.2, 0.25) is 0 Å². The van der Waals surface area contributed by atoms with Gasteiger partial charge in [-0.3, -0.25) is 0 Å². The first-order valence-electron chi connectivity index (χ1n) is 6.56. The lowest BCUT2D eigenvalue weighted by Crippen LogP contribution is -2.14. The summed E-state index contributed by atoms with van der Waals surface area (Å²) in [5, 5.41) is 0. The molecule has 0 saturated heterocycles. The van der Waals surface area contributed by atoms with Crippen LogP contribution in [-0.4, -0.2) is 0 Å². The Hall–Kier alpha value is -2.28. The summed E-state index contributed by atoms with van der Waals surface area (Å²) in [5.41, 5.74) is 3.50. The molecular formula is C18H19N. The molecule has 1 nitrogen and oxygen atoms in total. The number of para-hydroxylation sites is 2. The van der Waals surface area contributed by atoms with Crippen molar-refractivity contribution in [2.24, 2.45) is 0 Å². The highest BCUT2D eigenvalue weighted by Crippen LogP contribution is 2.29. The molecule has 0 N–H and O–H groups in total. The molecule has 1 heteroatoms. The van der Waals surface area contributed by atoms with E-state index in [1.54, 1.807) is 0 Å². The number of nitrogens with zero attached hydrogens (tertiary/aromatic N) is 1. The maximum Gasteiger partial charge on any atom is 0.0461 e. The molecule has 2 aromatic carbocycles. The van der Waals surface area contributed by atoms with Gasteiger partial charge in [-0.1, -0.05) is 48.6 Å². The predicted molar refractivity (Wildman–Crippen MR) is 83.6 cm³/mol. The molecule has 0 aliphatic carbocycles. The Bertz CT molecular complexity index is 513. The van der Waals surface area contributed by atoms with E-state index in [0.29, 0.717) is 0 Å². The fraction of sp³-hybridized carbons (Fsp3) is 0.111. The van der Waals surface area contributed by atoms with Crippen molar-refractivity contribution in [3.8, 4) is 0 Å². The monoisotopic (exact) mass is 249 g/mol. The van der Waals surface area contributed by atoms with Crippen LogP contribution in [0.15, 0.2) is 84.6 Å². The molecule has 96 valence electrons. The third-order valence-electron chi connectivity index (χ3n) is 2.92. The summed E-state index contributed by atoms with van der Waals surface area (Å²) < 4.78 is 0. The van der Waals surface area contributed by atoms with Gasteiger partial charge >= 0.3 is 0 Å². The van der Waals surface area contributed by atoms with Gasteiger partial charge in [-0.15, -0.1) is 0 Å². The van der Waals surface area contributed by atoms with E-state index in [4.69, 9.17) is 0 Å². The van der Waals surface area contributed by atoms with Crippen LogP contribution < -0.4 is 4.90 Å². The van der Waals surface area contributed by atoms with Crippen LogP contribution in [0.4, 0.5) is 11.4 Å². The van der Waals surface area contributed by atoms with Gasteiger partial charge in [0, 0.05) is 17.1 Å². The summed E-state index contributed by atoms with van der Waals surface area (Å²) in [7, 11) is 0. The number of anilines is 2. The minimum Gasteiger partial charge on any atom is -0.311 e. The summed E-state index contributed by atoms with van der Waals surface area (Å²) in [6.07, 6.45) is 6.31. The fourth-order valence-electron chi connectivity index (χ4n) is 2.07. The maximum absolute atomic E-state index is 2.25. The number of hydrogen-bond donors (Lipinski definition) is 0. The number of benzene rings is 2. The van der Waals surface area contributed by atoms with E-state index in [9.17, 15) is 0 Å².